The van der Waals surface area contributed by atoms with E-state index in [2.05, 4.69) is 40.0 Å². The molecule has 2 N–H and O–H groups in total. The highest BCUT2D eigenvalue weighted by molar-refractivity contribution is 6.03. The molecule has 1 atom stereocenters. The number of imidazole rings is 1. The monoisotopic (exact) mass is 720 g/mol. The molecule has 2 saturated carbocycles. The number of carbonyl (C=O) groups excluding carboxylic acids is 2. The summed E-state index contributed by atoms with van der Waals surface area (Å²) in [6, 6.07) is 6.34. The van der Waals surface area contributed by atoms with Crippen molar-refractivity contribution in [3.63, 3.8) is 0 Å². The molecular formula is C37H43F3N8O4. The molecule has 0 unspecified atom stereocenters. The summed E-state index contributed by atoms with van der Waals surface area (Å²) in [5.41, 5.74) is 2.29. The smallest absolute Gasteiger partial charge is 0.418 e. The Kier molecular flexibility index (Phi) is 9.91. The van der Waals surface area contributed by atoms with E-state index in [0.29, 0.717) is 56.0 Å². The van der Waals surface area contributed by atoms with Gasteiger partial charge in [0.25, 0.3) is 5.91 Å². The molecule has 1 aliphatic heterocycles. The van der Waals surface area contributed by atoms with Crippen LogP contribution in [0, 0.1) is 11.3 Å². The van der Waals surface area contributed by atoms with Crippen LogP contribution in [0.2, 0.25) is 0 Å². The van der Waals surface area contributed by atoms with Gasteiger partial charge in [-0.3, -0.25) is 29.8 Å². The van der Waals surface area contributed by atoms with Crippen LogP contribution in [-0.4, -0.2) is 89.2 Å². The number of methoxy groups -OCH3 is 2. The summed E-state index contributed by atoms with van der Waals surface area (Å²) >= 11 is 0. The standard InChI is InChI=1S/C37H43F3N8O4/c1-47(20-36(21-51-2)11-4-5-12-36)29-15-28(25-14-26(37(38,39)40)30(42-17-25)23-7-8-23)43-32-31(29)44-35(45-32)46-33(49)27-9-6-22(16-41-27)18-48-13-10-24(19-48)34(50)52-3/h6,9,14-17,23-24H,4-5,7-8,10-13,18-21H2,1-3H3,(H2,43,44,45,46,49)/t24-/m0/s1. The predicted molar refractivity (Wildman–Crippen MR) is 188 cm³/mol. The van der Waals surface area contributed by atoms with Gasteiger partial charge in [0.1, 0.15) is 11.2 Å². The molecular weight excluding hydrogens is 677 g/mol. The number of likely N-dealkylation sites (tertiary alicyclic amines) is 1. The molecule has 4 aromatic rings. The summed E-state index contributed by atoms with van der Waals surface area (Å²) in [6.07, 6.45) is 4.83. The second kappa shape index (κ2) is 14.4. The maximum Gasteiger partial charge on any atom is 0.418 e. The number of esters is 1. The van der Waals surface area contributed by atoms with Gasteiger partial charge in [0.2, 0.25) is 5.95 Å². The molecule has 276 valence electrons. The van der Waals surface area contributed by atoms with Gasteiger partial charge < -0.3 is 19.4 Å². The van der Waals surface area contributed by atoms with Crippen LogP contribution in [0.5, 0.6) is 0 Å². The van der Waals surface area contributed by atoms with Crippen LogP contribution in [0.25, 0.3) is 22.4 Å². The molecule has 5 heterocycles. The van der Waals surface area contributed by atoms with Crippen molar-refractivity contribution in [2.45, 2.75) is 63.6 Å². The van der Waals surface area contributed by atoms with Gasteiger partial charge in [-0.1, -0.05) is 18.9 Å². The maximum atomic E-state index is 14.2. The Labute approximate surface area is 299 Å². The van der Waals surface area contributed by atoms with Crippen molar-refractivity contribution < 1.29 is 32.2 Å². The number of carbonyl (C=O) groups is 2. The van der Waals surface area contributed by atoms with E-state index in [-0.39, 0.29) is 51.8 Å². The van der Waals surface area contributed by atoms with Crippen LogP contribution in [0.15, 0.2) is 36.7 Å². The Bertz CT molecular complexity index is 1940. The minimum Gasteiger partial charge on any atom is -0.469 e. The molecule has 3 aliphatic rings. The fourth-order valence-corrected chi connectivity index (χ4v) is 7.79. The molecule has 0 spiro atoms. The van der Waals surface area contributed by atoms with E-state index in [9.17, 15) is 22.8 Å². The highest BCUT2D eigenvalue weighted by atomic mass is 19.4. The van der Waals surface area contributed by atoms with Gasteiger partial charge in [0, 0.05) is 63.1 Å². The molecule has 7 rings (SSSR count). The molecule has 0 radical (unpaired) electrons. The Morgan fingerprint density at radius 3 is 2.54 bits per heavy atom. The summed E-state index contributed by atoms with van der Waals surface area (Å²) < 4.78 is 53.1. The first-order chi connectivity index (χ1) is 24.9. The molecule has 3 fully saturated rings. The highest BCUT2D eigenvalue weighted by Gasteiger charge is 2.40. The van der Waals surface area contributed by atoms with Crippen molar-refractivity contribution in [1.82, 2.24) is 29.8 Å². The van der Waals surface area contributed by atoms with E-state index in [1.54, 1.807) is 25.4 Å². The van der Waals surface area contributed by atoms with Gasteiger partial charge in [-0.2, -0.15) is 18.2 Å². The number of ether oxygens (including phenoxy) is 2. The SMILES string of the molecule is COCC1(CN(C)c2cc(-c3cnc(C4CC4)c(C(F)(F)F)c3)nc3nc(NC(=O)c4ccc(CN5CC[C@H](C(=O)OC)C5)cn4)[nH]c23)CCCC1. The molecule has 0 aromatic carbocycles. The lowest BCUT2D eigenvalue weighted by molar-refractivity contribution is -0.145. The highest BCUT2D eigenvalue weighted by Crippen LogP contribution is 2.46. The zero-order valence-electron chi connectivity index (χ0n) is 29.6. The quantitative estimate of drug-likeness (QED) is 0.163. The number of nitrogens with zero attached hydrogens (tertiary/aromatic N) is 6. The number of halogens is 3. The van der Waals surface area contributed by atoms with Crippen LogP contribution in [0.3, 0.4) is 0 Å². The van der Waals surface area contributed by atoms with Crippen LogP contribution >= 0.6 is 0 Å². The number of rotatable bonds is 12. The summed E-state index contributed by atoms with van der Waals surface area (Å²) in [5.74, 6) is -0.898. The molecule has 52 heavy (non-hydrogen) atoms. The molecule has 12 nitrogen and oxygen atoms in total. The van der Waals surface area contributed by atoms with Crippen LogP contribution in [-0.2, 0) is 27.0 Å². The Hall–Kier alpha value is -4.63. The van der Waals surface area contributed by atoms with E-state index in [4.69, 9.17) is 9.47 Å². The van der Waals surface area contributed by atoms with Gasteiger partial charge in [-0.15, -0.1) is 0 Å². The number of hydrogen-bond acceptors (Lipinski definition) is 10. The van der Waals surface area contributed by atoms with E-state index < -0.39 is 17.6 Å². The number of amides is 1. The topological polar surface area (TPSA) is 138 Å². The van der Waals surface area contributed by atoms with Crippen molar-refractivity contribution >= 4 is 34.7 Å². The first-order valence-electron chi connectivity index (χ1n) is 17.7. The zero-order valence-corrected chi connectivity index (χ0v) is 29.6. The lowest BCUT2D eigenvalue weighted by atomic mass is 9.86. The predicted octanol–water partition coefficient (Wildman–Crippen LogP) is 6.20. The second-order valence-electron chi connectivity index (χ2n) is 14.5. The summed E-state index contributed by atoms with van der Waals surface area (Å²) in [4.78, 5) is 50.5. The number of anilines is 2. The fraction of sp³-hybridized carbons (Fsp3) is 0.514. The van der Waals surface area contributed by atoms with Crippen molar-refractivity contribution in [1.29, 1.82) is 0 Å². The van der Waals surface area contributed by atoms with Gasteiger partial charge in [0.15, 0.2) is 5.65 Å². The van der Waals surface area contributed by atoms with Crippen molar-refractivity contribution in [2.24, 2.45) is 11.3 Å². The van der Waals surface area contributed by atoms with Gasteiger partial charge in [0.05, 0.1) is 42.3 Å². The Balaban J connectivity index is 1.16. The average Bonchev–Trinajstić information content (AvgIpc) is 3.46. The maximum absolute atomic E-state index is 14.2. The summed E-state index contributed by atoms with van der Waals surface area (Å²) in [6.45, 7) is 3.18. The number of H-pyrrole nitrogens is 1. The van der Waals surface area contributed by atoms with Gasteiger partial charge >= 0.3 is 12.1 Å². The third-order valence-corrected chi connectivity index (χ3v) is 10.5. The summed E-state index contributed by atoms with van der Waals surface area (Å²) in [7, 11) is 5.03. The normalized spacial score (nSPS) is 18.9. The number of alkyl halides is 3. The fourth-order valence-electron chi connectivity index (χ4n) is 7.79. The molecule has 1 amide bonds. The number of aromatic nitrogens is 5. The summed E-state index contributed by atoms with van der Waals surface area (Å²) in [5, 5.41) is 2.78. The molecule has 4 aromatic heterocycles. The lowest BCUT2D eigenvalue weighted by Gasteiger charge is -2.34. The molecule has 15 heteroatoms. The number of pyridine rings is 3. The van der Waals surface area contributed by atoms with Crippen molar-refractivity contribution in [3.05, 3.63) is 59.2 Å². The lowest BCUT2D eigenvalue weighted by Crippen LogP contribution is -2.37. The number of aromatic amines is 1. The minimum atomic E-state index is -4.56. The van der Waals surface area contributed by atoms with Gasteiger partial charge in [-0.05, 0) is 62.4 Å². The van der Waals surface area contributed by atoms with Crippen LogP contribution < -0.4 is 10.2 Å². The van der Waals surface area contributed by atoms with E-state index in [0.717, 1.165) is 50.3 Å². The largest absolute Gasteiger partial charge is 0.469 e. The number of nitrogens with one attached hydrogen (secondary N) is 2. The Morgan fingerprint density at radius 2 is 1.87 bits per heavy atom. The van der Waals surface area contributed by atoms with Crippen molar-refractivity contribution in [3.8, 4) is 11.3 Å². The third kappa shape index (κ3) is 7.61. The second-order valence-corrected chi connectivity index (χ2v) is 14.5. The molecule has 2 aliphatic carbocycles. The van der Waals surface area contributed by atoms with E-state index in [1.807, 2.05) is 13.1 Å². The van der Waals surface area contributed by atoms with E-state index >= 15 is 0 Å². The van der Waals surface area contributed by atoms with Crippen LogP contribution in [0.4, 0.5) is 24.8 Å². The average molecular weight is 721 g/mol. The number of hydrogen-bond donors (Lipinski definition) is 2. The first kappa shape index (κ1) is 35.8. The molecule has 1 saturated heterocycles. The Morgan fingerprint density at radius 1 is 1.08 bits per heavy atom. The third-order valence-electron chi connectivity index (χ3n) is 10.5. The number of fused-ring (bicyclic) bond motifs is 1. The molecule has 0 bridgehead atoms. The zero-order chi connectivity index (χ0) is 36.6. The first-order valence-corrected chi connectivity index (χ1v) is 17.7. The van der Waals surface area contributed by atoms with Gasteiger partial charge in [-0.25, -0.2) is 4.98 Å². The van der Waals surface area contributed by atoms with E-state index in [1.165, 1.54) is 13.3 Å². The minimum absolute atomic E-state index is 0.0760. The van der Waals surface area contributed by atoms with Crippen LogP contribution in [0.1, 0.15) is 78.2 Å². The van der Waals surface area contributed by atoms with Crippen molar-refractivity contribution in [2.75, 3.05) is 57.7 Å².